The number of fused-ring (bicyclic) bond motifs is 8. The average Bonchev–Trinajstić information content (AvgIpc) is 3.91. The molecule has 2 heteroatoms. The van der Waals surface area contributed by atoms with Gasteiger partial charge in [-0.2, -0.15) is 0 Å². The van der Waals surface area contributed by atoms with E-state index in [2.05, 4.69) is 290 Å². The second-order valence-electron chi connectivity index (χ2n) is 20.0. The summed E-state index contributed by atoms with van der Waals surface area (Å²) in [6, 6.07) is 98.8. The molecule has 14 rings (SSSR count). The van der Waals surface area contributed by atoms with Crippen molar-refractivity contribution in [3.8, 4) is 50.2 Å². The average molecular weight is 919 g/mol. The Morgan fingerprint density at radius 3 is 1.43 bits per heavy atom. The molecule has 1 aliphatic carbocycles. The smallest absolute Gasteiger partial charge is 0.0742 e. The molecule has 0 saturated carbocycles. The molecular weight excluding hydrogens is 869 g/mol. The van der Waals surface area contributed by atoms with Crippen LogP contribution in [0.5, 0.6) is 0 Å². The molecular formula is C70H50N2. The van der Waals surface area contributed by atoms with Gasteiger partial charge in [0.2, 0.25) is 0 Å². The zero-order valence-corrected chi connectivity index (χ0v) is 40.3. The van der Waals surface area contributed by atoms with Gasteiger partial charge in [-0.15, -0.1) is 0 Å². The summed E-state index contributed by atoms with van der Waals surface area (Å²) in [6.07, 6.45) is 0. The van der Waals surface area contributed by atoms with Crippen LogP contribution >= 0.6 is 0 Å². The third kappa shape index (κ3) is 6.28. The van der Waals surface area contributed by atoms with Gasteiger partial charge in [0, 0.05) is 33.2 Å². The van der Waals surface area contributed by atoms with E-state index in [9.17, 15) is 0 Å². The summed E-state index contributed by atoms with van der Waals surface area (Å²) in [5.41, 5.74) is 24.2. The molecule has 0 atom stereocenters. The predicted molar refractivity (Wildman–Crippen MR) is 301 cm³/mol. The third-order valence-corrected chi connectivity index (χ3v) is 15.9. The molecule has 0 spiro atoms. The van der Waals surface area contributed by atoms with E-state index in [0.29, 0.717) is 0 Å². The molecule has 0 saturated heterocycles. The minimum atomic E-state index is -0.488. The lowest BCUT2D eigenvalue weighted by molar-refractivity contribution is 0.660. The highest BCUT2D eigenvalue weighted by Gasteiger charge is 2.45. The van der Waals surface area contributed by atoms with Crippen LogP contribution in [0.4, 0.5) is 17.1 Å². The zero-order chi connectivity index (χ0) is 48.0. The second-order valence-corrected chi connectivity index (χ2v) is 20.0. The molecule has 0 radical (unpaired) electrons. The molecule has 2 nitrogen and oxygen atoms in total. The van der Waals surface area contributed by atoms with Crippen molar-refractivity contribution in [1.29, 1.82) is 0 Å². The number of aromatic nitrogens is 1. The molecule has 1 aromatic heterocycles. The van der Waals surface area contributed by atoms with Crippen molar-refractivity contribution in [2.75, 3.05) is 4.90 Å². The monoisotopic (exact) mass is 918 g/mol. The zero-order valence-electron chi connectivity index (χ0n) is 40.3. The highest BCUT2D eigenvalue weighted by atomic mass is 15.1. The number of para-hydroxylation sites is 2. The van der Waals surface area contributed by atoms with Crippen LogP contribution in [-0.2, 0) is 10.8 Å². The Labute approximate surface area is 421 Å². The number of benzene rings is 11. The molecule has 1 aliphatic heterocycles. The fourth-order valence-corrected chi connectivity index (χ4v) is 12.5. The van der Waals surface area contributed by atoms with Gasteiger partial charge in [0.15, 0.2) is 0 Å². The number of hydrogen-bond donors (Lipinski definition) is 0. The van der Waals surface area contributed by atoms with Crippen LogP contribution in [0.3, 0.4) is 0 Å². The Morgan fingerprint density at radius 1 is 0.319 bits per heavy atom. The number of anilines is 3. The van der Waals surface area contributed by atoms with Crippen LogP contribution in [0.15, 0.2) is 267 Å². The van der Waals surface area contributed by atoms with E-state index < -0.39 is 5.41 Å². The lowest BCUT2D eigenvalue weighted by atomic mass is 9.63. The van der Waals surface area contributed by atoms with Crippen LogP contribution in [-0.4, -0.2) is 4.57 Å². The second kappa shape index (κ2) is 16.3. The Morgan fingerprint density at radius 2 is 0.792 bits per heavy atom. The Balaban J connectivity index is 0.825. The van der Waals surface area contributed by atoms with Crippen molar-refractivity contribution >= 4 is 38.9 Å². The molecule has 72 heavy (non-hydrogen) atoms. The first-order valence-electron chi connectivity index (χ1n) is 25.2. The van der Waals surface area contributed by atoms with Gasteiger partial charge in [-0.3, -0.25) is 0 Å². The highest BCUT2D eigenvalue weighted by Crippen LogP contribution is 2.55. The highest BCUT2D eigenvalue weighted by molar-refractivity contribution is 6.13. The molecule has 0 bridgehead atoms. The Kier molecular flexibility index (Phi) is 9.50. The first-order valence-corrected chi connectivity index (χ1v) is 25.2. The summed E-state index contributed by atoms with van der Waals surface area (Å²) in [6.45, 7) is 4.71. The van der Waals surface area contributed by atoms with Crippen LogP contribution < -0.4 is 4.90 Å². The minimum Gasteiger partial charge on any atom is -0.310 e. The van der Waals surface area contributed by atoms with Crippen molar-refractivity contribution in [3.63, 3.8) is 0 Å². The van der Waals surface area contributed by atoms with Gasteiger partial charge >= 0.3 is 0 Å². The molecule has 2 heterocycles. The molecule has 2 aliphatic rings. The van der Waals surface area contributed by atoms with Gasteiger partial charge in [-0.05, 0) is 132 Å². The fourth-order valence-electron chi connectivity index (χ4n) is 12.5. The summed E-state index contributed by atoms with van der Waals surface area (Å²) in [7, 11) is 0. The van der Waals surface area contributed by atoms with Gasteiger partial charge in [0.25, 0.3) is 0 Å². The summed E-state index contributed by atoms with van der Waals surface area (Å²) >= 11 is 0. The van der Waals surface area contributed by atoms with E-state index in [1.807, 2.05) is 0 Å². The van der Waals surface area contributed by atoms with Gasteiger partial charge in [0.1, 0.15) is 0 Å². The SMILES string of the molecule is CC1(C)c2ccccc2-c2ccc(N(c3ccc(-c4ccccc4)cc3)c3ccc(-c4ccc(-c5ccc6c(c5)c5cccc7c5n6-c5ccccc5C7(c5ccccc5)c5ccccc5)cc4)cc3)cc21. The third-order valence-electron chi connectivity index (χ3n) is 15.9. The van der Waals surface area contributed by atoms with E-state index in [1.54, 1.807) is 0 Å². The van der Waals surface area contributed by atoms with E-state index in [4.69, 9.17) is 0 Å². The van der Waals surface area contributed by atoms with Crippen molar-refractivity contribution in [3.05, 3.63) is 300 Å². The lowest BCUT2D eigenvalue weighted by Gasteiger charge is -2.41. The maximum absolute atomic E-state index is 2.51. The molecule has 12 aromatic rings. The van der Waals surface area contributed by atoms with Crippen LogP contribution in [0, 0.1) is 0 Å². The molecule has 11 aromatic carbocycles. The Hall–Kier alpha value is -8.98. The van der Waals surface area contributed by atoms with Crippen molar-refractivity contribution in [1.82, 2.24) is 4.57 Å². The molecule has 0 fully saturated rings. The quantitative estimate of drug-likeness (QED) is 0.147. The molecule has 0 N–H and O–H groups in total. The van der Waals surface area contributed by atoms with Crippen LogP contribution in [0.1, 0.15) is 47.2 Å². The van der Waals surface area contributed by atoms with Crippen molar-refractivity contribution in [2.24, 2.45) is 0 Å². The minimum absolute atomic E-state index is 0.104. The van der Waals surface area contributed by atoms with E-state index in [0.717, 1.165) is 17.1 Å². The summed E-state index contributed by atoms with van der Waals surface area (Å²) in [5.74, 6) is 0. The molecule has 340 valence electrons. The van der Waals surface area contributed by atoms with Gasteiger partial charge < -0.3 is 9.47 Å². The maximum Gasteiger partial charge on any atom is 0.0742 e. The van der Waals surface area contributed by atoms with E-state index in [1.165, 1.54) is 105 Å². The van der Waals surface area contributed by atoms with Crippen LogP contribution in [0.25, 0.3) is 72.0 Å². The van der Waals surface area contributed by atoms with Gasteiger partial charge in [-0.25, -0.2) is 0 Å². The lowest BCUT2D eigenvalue weighted by Crippen LogP contribution is -2.35. The standard InChI is InChI=1S/C70H50N2/c1-69(2)62-25-13-12-23-58(62)59-43-42-57(46-65(59)69)71(55-38-33-49(34-39-55)47-17-6-3-7-18-47)56-40-35-50(36-41-56)48-29-31-51(32-30-48)52-37-44-66-61(45-52)60-24-16-27-64-68(60)72(66)67-28-15-14-26-63(67)70(64,53-19-8-4-9-20-53)54-21-10-5-11-22-54/h3-46H,1-2H3. The summed E-state index contributed by atoms with van der Waals surface area (Å²) < 4.78 is 2.51. The van der Waals surface area contributed by atoms with Crippen LogP contribution in [0.2, 0.25) is 0 Å². The Bertz CT molecular complexity index is 3980. The maximum atomic E-state index is 2.51. The predicted octanol–water partition coefficient (Wildman–Crippen LogP) is 18.3. The van der Waals surface area contributed by atoms with E-state index >= 15 is 0 Å². The number of nitrogens with zero attached hydrogens (tertiary/aromatic N) is 2. The van der Waals surface area contributed by atoms with Gasteiger partial charge in [0.05, 0.1) is 22.1 Å². The molecule has 0 unspecified atom stereocenters. The van der Waals surface area contributed by atoms with Crippen molar-refractivity contribution in [2.45, 2.75) is 24.7 Å². The van der Waals surface area contributed by atoms with Crippen molar-refractivity contribution < 1.29 is 0 Å². The summed E-state index contributed by atoms with van der Waals surface area (Å²) in [4.78, 5) is 2.40. The fraction of sp³-hybridized carbons (Fsp3) is 0.0571. The largest absolute Gasteiger partial charge is 0.310 e. The first-order chi connectivity index (χ1) is 35.5. The van der Waals surface area contributed by atoms with Gasteiger partial charge in [-0.1, -0.05) is 226 Å². The summed E-state index contributed by atoms with van der Waals surface area (Å²) in [5, 5.41) is 2.52. The van der Waals surface area contributed by atoms with E-state index in [-0.39, 0.29) is 5.41 Å². The topological polar surface area (TPSA) is 8.17 Å². The molecule has 0 amide bonds. The number of rotatable bonds is 8. The first kappa shape index (κ1) is 41.9. The number of hydrogen-bond acceptors (Lipinski definition) is 1. The normalized spacial score (nSPS) is 13.6.